The highest BCUT2D eigenvalue weighted by molar-refractivity contribution is 5.94. The van der Waals surface area contributed by atoms with E-state index >= 15 is 0 Å². The van der Waals surface area contributed by atoms with E-state index < -0.39 is 12.0 Å². The van der Waals surface area contributed by atoms with Crippen LogP contribution in [0.2, 0.25) is 0 Å². The summed E-state index contributed by atoms with van der Waals surface area (Å²) in [5, 5.41) is 23.5. The highest BCUT2D eigenvalue weighted by Crippen LogP contribution is 2.35. The van der Waals surface area contributed by atoms with Crippen molar-refractivity contribution in [3.63, 3.8) is 0 Å². The van der Waals surface area contributed by atoms with Crippen molar-refractivity contribution in [1.82, 2.24) is 15.1 Å². The third-order valence-corrected chi connectivity index (χ3v) is 6.82. The molecule has 2 aliphatic heterocycles. The van der Waals surface area contributed by atoms with Crippen LogP contribution >= 0.6 is 0 Å². The van der Waals surface area contributed by atoms with E-state index in [1.165, 1.54) is 36.6 Å². The fraction of sp³-hybridized carbons (Fsp3) is 0.633. The molecule has 0 spiro atoms. The molecule has 3 aliphatic rings. The van der Waals surface area contributed by atoms with Gasteiger partial charge in [-0.25, -0.2) is 0 Å². The average Bonchev–Trinajstić information content (AvgIpc) is 3.58. The monoisotopic (exact) mass is 573 g/mol. The largest absolute Gasteiger partial charge is 0.506 e. The van der Waals surface area contributed by atoms with E-state index in [0.29, 0.717) is 24.9 Å². The average molecular weight is 574 g/mol. The lowest BCUT2D eigenvalue weighted by atomic mass is 9.82. The maximum absolute atomic E-state index is 12.0. The molecule has 3 N–H and O–H groups in total. The predicted octanol–water partition coefficient (Wildman–Crippen LogP) is 3.01. The number of ether oxygens (including phenoxy) is 1. The minimum absolute atomic E-state index is 0.0158. The van der Waals surface area contributed by atoms with Crippen LogP contribution in [0.3, 0.4) is 0 Å². The number of aromatic hydroxyl groups is 1. The van der Waals surface area contributed by atoms with Gasteiger partial charge in [0, 0.05) is 33.9 Å². The third kappa shape index (κ3) is 12.6. The summed E-state index contributed by atoms with van der Waals surface area (Å²) in [7, 11) is 3.25. The minimum atomic E-state index is -0.558. The molecule has 0 aromatic heterocycles. The van der Waals surface area contributed by atoms with Gasteiger partial charge in [0.25, 0.3) is 0 Å². The zero-order valence-electron chi connectivity index (χ0n) is 25.0. The van der Waals surface area contributed by atoms with Gasteiger partial charge < -0.3 is 30.3 Å². The third-order valence-electron chi connectivity index (χ3n) is 6.82. The van der Waals surface area contributed by atoms with Crippen molar-refractivity contribution in [1.29, 1.82) is 5.26 Å². The van der Waals surface area contributed by atoms with Gasteiger partial charge in [-0.05, 0) is 49.1 Å². The smallest absolute Gasteiger partial charge is 0.241 e. The number of phenols is 1. The highest BCUT2D eigenvalue weighted by atomic mass is 16.4. The molecule has 0 radical (unpaired) electrons. The Labute approximate surface area is 244 Å². The number of likely N-dealkylation sites (tertiary alicyclic amines) is 2. The van der Waals surface area contributed by atoms with E-state index in [1.54, 1.807) is 32.4 Å². The van der Waals surface area contributed by atoms with E-state index in [1.807, 2.05) is 11.0 Å². The number of nitrogens with zero attached hydrogens (tertiary/aromatic N) is 3. The number of amides is 4. The summed E-state index contributed by atoms with van der Waals surface area (Å²) in [6.45, 7) is 8.69. The van der Waals surface area contributed by atoms with Crippen LogP contribution in [-0.2, 0) is 23.9 Å². The van der Waals surface area contributed by atoms with Crippen LogP contribution in [0.1, 0.15) is 52.9 Å². The molecular formula is C30H47N5O6. The van der Waals surface area contributed by atoms with Gasteiger partial charge in [-0.2, -0.15) is 5.26 Å². The maximum atomic E-state index is 12.0. The summed E-state index contributed by atoms with van der Waals surface area (Å²) in [4.78, 5) is 47.7. The van der Waals surface area contributed by atoms with Crippen molar-refractivity contribution in [2.75, 3.05) is 45.7 Å². The summed E-state index contributed by atoms with van der Waals surface area (Å²) in [6.07, 6.45) is 6.66. The topological polar surface area (TPSA) is 152 Å². The van der Waals surface area contributed by atoms with Crippen LogP contribution in [0.4, 0.5) is 5.69 Å². The fourth-order valence-corrected chi connectivity index (χ4v) is 4.96. The Morgan fingerprint density at radius 2 is 1.66 bits per heavy atom. The van der Waals surface area contributed by atoms with E-state index in [4.69, 9.17) is 5.26 Å². The quantitative estimate of drug-likeness (QED) is 0.349. The second-order valence-corrected chi connectivity index (χ2v) is 11.1. The number of rotatable bonds is 6. The first-order chi connectivity index (χ1) is 19.6. The zero-order chi connectivity index (χ0) is 30.8. The molecular weight excluding hydrogens is 526 g/mol. The molecule has 4 rings (SSSR count). The molecule has 2 saturated heterocycles. The Balaban J connectivity index is 0.000000340. The molecule has 228 valence electrons. The van der Waals surface area contributed by atoms with Crippen molar-refractivity contribution in [3.8, 4) is 11.8 Å². The number of anilines is 1. The molecule has 0 bridgehead atoms. The molecule has 41 heavy (non-hydrogen) atoms. The molecule has 4 amide bonds. The molecule has 2 heterocycles. The molecule has 1 aliphatic carbocycles. The van der Waals surface area contributed by atoms with E-state index in [9.17, 15) is 24.3 Å². The number of para-hydroxylation sites is 2. The standard InChI is InChI=1S/C13H13N3O3.C11H18N2O2.C4H10.C2H6O/c14-6-10-5-9(7-16(10)8-17)13(19)15-11-3-1-2-4-12(11)18;14-8-12-5-11(15)13-6-9-3-1-2-4-10(9)7-13;1-4(2)3;1-3-2/h1-4,8-10,18H,5,7H2,(H,15,19);8-10H,1-7H2,(H,12,14);4H,1-3H3;1-2H3. The van der Waals surface area contributed by atoms with E-state index in [0.717, 1.165) is 30.8 Å². The highest BCUT2D eigenvalue weighted by Gasteiger charge is 2.36. The molecule has 1 aromatic carbocycles. The Kier molecular flexibility index (Phi) is 16.8. The lowest BCUT2D eigenvalue weighted by Crippen LogP contribution is -2.36. The lowest BCUT2D eigenvalue weighted by molar-refractivity contribution is -0.130. The Bertz CT molecular complexity index is 981. The summed E-state index contributed by atoms with van der Waals surface area (Å²) >= 11 is 0. The first-order valence-corrected chi connectivity index (χ1v) is 14.2. The number of benzene rings is 1. The molecule has 11 nitrogen and oxygen atoms in total. The van der Waals surface area contributed by atoms with E-state index in [2.05, 4.69) is 36.1 Å². The van der Waals surface area contributed by atoms with Crippen molar-refractivity contribution >= 4 is 30.3 Å². The van der Waals surface area contributed by atoms with Crippen LogP contribution in [0.15, 0.2) is 24.3 Å². The number of phenolic OH excluding ortho intramolecular Hbond substituents is 1. The predicted molar refractivity (Wildman–Crippen MR) is 157 cm³/mol. The molecule has 11 heteroatoms. The van der Waals surface area contributed by atoms with Crippen molar-refractivity contribution < 1.29 is 29.0 Å². The number of methoxy groups -OCH3 is 1. The van der Waals surface area contributed by atoms with Crippen LogP contribution in [0.25, 0.3) is 0 Å². The maximum Gasteiger partial charge on any atom is 0.241 e. The second kappa shape index (κ2) is 19.4. The molecule has 4 unspecified atom stereocenters. The van der Waals surface area contributed by atoms with Gasteiger partial charge in [-0.3, -0.25) is 19.2 Å². The summed E-state index contributed by atoms with van der Waals surface area (Å²) in [6, 6.07) is 7.84. The molecule has 1 saturated carbocycles. The van der Waals surface area contributed by atoms with Gasteiger partial charge in [0.05, 0.1) is 24.2 Å². The minimum Gasteiger partial charge on any atom is -0.506 e. The Morgan fingerprint density at radius 3 is 2.12 bits per heavy atom. The SMILES string of the molecule is CC(C)C.COC.N#CC1CC(C(=O)Nc2ccccc2O)CN1C=O.O=CNCC(=O)N1CC2CCCCC2C1. The zero-order valence-corrected chi connectivity index (χ0v) is 25.0. The van der Waals surface area contributed by atoms with Gasteiger partial charge in [-0.15, -0.1) is 0 Å². The lowest BCUT2D eigenvalue weighted by Gasteiger charge is -2.22. The first kappa shape index (κ1) is 35.4. The molecule has 1 aromatic rings. The number of carbonyl (C=O) groups excluding carboxylic acids is 4. The van der Waals surface area contributed by atoms with E-state index in [-0.39, 0.29) is 30.7 Å². The van der Waals surface area contributed by atoms with Crippen LogP contribution < -0.4 is 10.6 Å². The second-order valence-electron chi connectivity index (χ2n) is 11.1. The summed E-state index contributed by atoms with van der Waals surface area (Å²) < 4.78 is 4.25. The van der Waals surface area contributed by atoms with Crippen molar-refractivity contribution in [3.05, 3.63) is 24.3 Å². The molecule has 4 atom stereocenters. The number of hydrogen-bond donors (Lipinski definition) is 3. The summed E-state index contributed by atoms with van der Waals surface area (Å²) in [5.41, 5.74) is 0.325. The number of carbonyl (C=O) groups is 4. The normalized spacial score (nSPS) is 22.3. The Hall–Kier alpha value is -3.65. The van der Waals surface area contributed by atoms with Gasteiger partial charge in [-0.1, -0.05) is 45.7 Å². The van der Waals surface area contributed by atoms with Gasteiger partial charge in [0.1, 0.15) is 11.8 Å². The number of nitriles is 1. The molecule has 3 fully saturated rings. The summed E-state index contributed by atoms with van der Waals surface area (Å²) in [5.74, 6) is 1.59. The van der Waals surface area contributed by atoms with Gasteiger partial charge in [0.2, 0.25) is 24.6 Å². The van der Waals surface area contributed by atoms with Crippen LogP contribution in [0, 0.1) is 35.0 Å². The first-order valence-electron chi connectivity index (χ1n) is 14.2. The van der Waals surface area contributed by atoms with Gasteiger partial charge in [0.15, 0.2) is 0 Å². The fourth-order valence-electron chi connectivity index (χ4n) is 4.96. The van der Waals surface area contributed by atoms with Crippen molar-refractivity contribution in [2.24, 2.45) is 23.7 Å². The number of fused-ring (bicyclic) bond motifs is 1. The van der Waals surface area contributed by atoms with Crippen molar-refractivity contribution in [2.45, 2.75) is 58.9 Å². The Morgan fingerprint density at radius 1 is 1.10 bits per heavy atom. The van der Waals surface area contributed by atoms with Gasteiger partial charge >= 0.3 is 0 Å². The number of nitrogens with one attached hydrogen (secondary N) is 2. The van der Waals surface area contributed by atoms with Crippen LogP contribution in [-0.4, -0.2) is 86.0 Å². The van der Waals surface area contributed by atoms with Crippen LogP contribution in [0.5, 0.6) is 5.75 Å². The number of hydrogen-bond acceptors (Lipinski definition) is 7.